The topological polar surface area (TPSA) is 32.3 Å². The van der Waals surface area contributed by atoms with E-state index in [1.54, 1.807) is 0 Å². The Kier molecular flexibility index (Phi) is 1.06. The normalized spacial score (nSPS) is 38.9. The molecule has 1 atom stereocenters. The molecule has 1 N–H and O–H groups in total. The van der Waals surface area contributed by atoms with Crippen molar-refractivity contribution >= 4 is 5.91 Å². The highest BCUT2D eigenvalue weighted by atomic mass is 16.2. The first kappa shape index (κ1) is 6.16. The van der Waals surface area contributed by atoms with E-state index in [-0.39, 0.29) is 5.66 Å². The van der Waals surface area contributed by atoms with E-state index < -0.39 is 0 Å². The molecule has 0 aromatic rings. The predicted molar refractivity (Wildman–Crippen MR) is 37.4 cm³/mol. The summed E-state index contributed by atoms with van der Waals surface area (Å²) in [6.45, 7) is 3.96. The molecule has 2 rings (SSSR count). The molecule has 0 saturated carbocycles. The van der Waals surface area contributed by atoms with E-state index in [1.165, 1.54) is 0 Å². The molecular formula is C7H12N2O. The van der Waals surface area contributed by atoms with Crippen LogP contribution in [0.15, 0.2) is 0 Å². The minimum Gasteiger partial charge on any atom is -0.323 e. The molecule has 0 unspecified atom stereocenters. The van der Waals surface area contributed by atoms with Crippen LogP contribution in [0.4, 0.5) is 0 Å². The largest absolute Gasteiger partial charge is 0.323 e. The fraction of sp³-hybridized carbons (Fsp3) is 0.857. The second kappa shape index (κ2) is 1.72. The zero-order valence-electron chi connectivity index (χ0n) is 6.18. The second-order valence-electron chi connectivity index (χ2n) is 3.25. The minimum absolute atomic E-state index is 0.0110. The number of nitrogens with zero attached hydrogens (tertiary/aromatic N) is 1. The van der Waals surface area contributed by atoms with E-state index in [4.69, 9.17) is 0 Å². The Morgan fingerprint density at radius 3 is 3.20 bits per heavy atom. The first-order chi connectivity index (χ1) is 4.72. The maximum atomic E-state index is 11.1. The lowest BCUT2D eigenvalue weighted by atomic mass is 10.1. The molecule has 1 amide bonds. The van der Waals surface area contributed by atoms with Crippen LogP contribution in [0.1, 0.15) is 19.8 Å². The van der Waals surface area contributed by atoms with Crippen LogP contribution in [-0.2, 0) is 4.79 Å². The Morgan fingerprint density at radius 2 is 2.50 bits per heavy atom. The van der Waals surface area contributed by atoms with Gasteiger partial charge in [0.2, 0.25) is 5.91 Å². The van der Waals surface area contributed by atoms with Gasteiger partial charge in [0.25, 0.3) is 0 Å². The van der Waals surface area contributed by atoms with Gasteiger partial charge in [-0.3, -0.25) is 10.1 Å². The highest BCUT2D eigenvalue weighted by molar-refractivity contribution is 5.79. The van der Waals surface area contributed by atoms with Gasteiger partial charge in [0, 0.05) is 19.5 Å². The molecule has 0 aliphatic carbocycles. The first-order valence-corrected chi connectivity index (χ1v) is 3.78. The summed E-state index contributed by atoms with van der Waals surface area (Å²) in [6.07, 6.45) is 1.70. The second-order valence-corrected chi connectivity index (χ2v) is 3.25. The van der Waals surface area contributed by atoms with Gasteiger partial charge in [0.15, 0.2) is 0 Å². The standard InChI is InChI=1S/C7H12N2O/c1-7-3-2-6(10)9(7)5-4-8-7/h8H,2-5H2,1H3/t7-/m0/s1. The van der Waals surface area contributed by atoms with Crippen LogP contribution in [0.5, 0.6) is 0 Å². The smallest absolute Gasteiger partial charge is 0.224 e. The summed E-state index contributed by atoms with van der Waals surface area (Å²) in [5.41, 5.74) is 0.0110. The molecule has 2 aliphatic heterocycles. The third-order valence-corrected chi connectivity index (χ3v) is 2.56. The molecule has 0 aromatic heterocycles. The maximum Gasteiger partial charge on any atom is 0.224 e. The van der Waals surface area contributed by atoms with E-state index >= 15 is 0 Å². The minimum atomic E-state index is 0.0110. The van der Waals surface area contributed by atoms with Gasteiger partial charge in [-0.1, -0.05) is 0 Å². The van der Waals surface area contributed by atoms with Gasteiger partial charge >= 0.3 is 0 Å². The lowest BCUT2D eigenvalue weighted by molar-refractivity contribution is -0.129. The number of nitrogens with one attached hydrogen (secondary N) is 1. The van der Waals surface area contributed by atoms with E-state index in [1.807, 2.05) is 4.90 Å². The number of carbonyl (C=O) groups excluding carboxylic acids is 1. The number of carbonyl (C=O) groups is 1. The van der Waals surface area contributed by atoms with E-state index in [9.17, 15) is 4.79 Å². The van der Waals surface area contributed by atoms with Crippen molar-refractivity contribution in [3.63, 3.8) is 0 Å². The lowest BCUT2D eigenvalue weighted by Gasteiger charge is -2.26. The van der Waals surface area contributed by atoms with Crippen molar-refractivity contribution in [1.29, 1.82) is 0 Å². The van der Waals surface area contributed by atoms with Crippen molar-refractivity contribution in [1.82, 2.24) is 10.2 Å². The fourth-order valence-corrected chi connectivity index (χ4v) is 1.89. The molecule has 2 fully saturated rings. The average Bonchev–Trinajstić information content (AvgIpc) is 2.35. The fourth-order valence-electron chi connectivity index (χ4n) is 1.89. The van der Waals surface area contributed by atoms with Crippen molar-refractivity contribution < 1.29 is 4.79 Å². The van der Waals surface area contributed by atoms with E-state index in [2.05, 4.69) is 12.2 Å². The zero-order chi connectivity index (χ0) is 7.19. The third kappa shape index (κ3) is 0.611. The monoisotopic (exact) mass is 140 g/mol. The highest BCUT2D eigenvalue weighted by Gasteiger charge is 2.44. The summed E-state index contributed by atoms with van der Waals surface area (Å²) in [7, 11) is 0. The summed E-state index contributed by atoms with van der Waals surface area (Å²) in [6, 6.07) is 0. The molecule has 3 heteroatoms. The van der Waals surface area contributed by atoms with Crippen LogP contribution in [0.3, 0.4) is 0 Å². The van der Waals surface area contributed by atoms with Crippen LogP contribution in [0.25, 0.3) is 0 Å². The van der Waals surface area contributed by atoms with Crippen LogP contribution in [0.2, 0.25) is 0 Å². The van der Waals surface area contributed by atoms with Crippen molar-refractivity contribution in [2.75, 3.05) is 13.1 Å². The molecule has 0 spiro atoms. The quantitative estimate of drug-likeness (QED) is 0.510. The van der Waals surface area contributed by atoms with Gasteiger partial charge in [0.05, 0.1) is 5.66 Å². The average molecular weight is 140 g/mol. The van der Waals surface area contributed by atoms with Gasteiger partial charge in [-0.2, -0.15) is 0 Å². The number of fused-ring (bicyclic) bond motifs is 1. The summed E-state index contributed by atoms with van der Waals surface area (Å²) >= 11 is 0. The molecule has 56 valence electrons. The van der Waals surface area contributed by atoms with Gasteiger partial charge in [-0.25, -0.2) is 0 Å². The molecule has 2 saturated heterocycles. The predicted octanol–water partition coefficient (Wildman–Crippen LogP) is -0.0718. The van der Waals surface area contributed by atoms with Gasteiger partial charge < -0.3 is 4.90 Å². The van der Waals surface area contributed by atoms with Crippen LogP contribution in [-0.4, -0.2) is 29.6 Å². The molecule has 2 aliphatic rings. The zero-order valence-corrected chi connectivity index (χ0v) is 6.18. The van der Waals surface area contributed by atoms with Gasteiger partial charge in [-0.05, 0) is 13.3 Å². The van der Waals surface area contributed by atoms with E-state index in [0.717, 1.165) is 25.9 Å². The molecule has 0 bridgehead atoms. The Morgan fingerprint density at radius 1 is 1.70 bits per heavy atom. The Labute approximate surface area is 60.4 Å². The van der Waals surface area contributed by atoms with Crippen LogP contribution < -0.4 is 5.32 Å². The maximum absolute atomic E-state index is 11.1. The summed E-state index contributed by atoms with van der Waals surface area (Å²) in [5, 5.41) is 3.33. The number of hydrogen-bond acceptors (Lipinski definition) is 2. The Bertz CT molecular complexity index is 180. The Balaban J connectivity index is 2.27. The third-order valence-electron chi connectivity index (χ3n) is 2.56. The summed E-state index contributed by atoms with van der Waals surface area (Å²) in [4.78, 5) is 13.1. The molecule has 0 radical (unpaired) electrons. The van der Waals surface area contributed by atoms with Crippen molar-refractivity contribution in [3.05, 3.63) is 0 Å². The summed E-state index contributed by atoms with van der Waals surface area (Å²) < 4.78 is 0. The van der Waals surface area contributed by atoms with Gasteiger partial charge in [-0.15, -0.1) is 0 Å². The summed E-state index contributed by atoms with van der Waals surface area (Å²) in [5.74, 6) is 0.313. The van der Waals surface area contributed by atoms with Crippen LogP contribution >= 0.6 is 0 Å². The van der Waals surface area contributed by atoms with Crippen molar-refractivity contribution in [2.45, 2.75) is 25.4 Å². The van der Waals surface area contributed by atoms with Gasteiger partial charge in [0.1, 0.15) is 0 Å². The molecule has 2 heterocycles. The lowest BCUT2D eigenvalue weighted by Crippen LogP contribution is -2.44. The van der Waals surface area contributed by atoms with E-state index in [0.29, 0.717) is 5.91 Å². The number of rotatable bonds is 0. The molecule has 10 heavy (non-hydrogen) atoms. The SMILES string of the molecule is C[C@@]12CCC(=O)N1CCN2. The molecule has 0 aromatic carbocycles. The van der Waals surface area contributed by atoms with Crippen molar-refractivity contribution in [2.24, 2.45) is 0 Å². The molecule has 3 nitrogen and oxygen atoms in total. The van der Waals surface area contributed by atoms with Crippen molar-refractivity contribution in [3.8, 4) is 0 Å². The molecular weight excluding hydrogens is 128 g/mol. The first-order valence-electron chi connectivity index (χ1n) is 3.78. The number of hydrogen-bond donors (Lipinski definition) is 1. The number of amides is 1. The Hall–Kier alpha value is -0.570. The highest BCUT2D eigenvalue weighted by Crippen LogP contribution is 2.29. The van der Waals surface area contributed by atoms with Crippen LogP contribution in [0, 0.1) is 0 Å².